The van der Waals surface area contributed by atoms with E-state index in [0.717, 1.165) is 55.2 Å². The SMILES string of the molecule is CCCCc1cc(=O)oc2c3c(cc(OCC(=O)N(C)CC4CCCN5CCCCC45)c12)OC(C)(C)CC3. The van der Waals surface area contributed by atoms with Crippen LogP contribution in [0.5, 0.6) is 11.5 Å². The van der Waals surface area contributed by atoms with Gasteiger partial charge in [0.15, 0.2) is 6.61 Å². The van der Waals surface area contributed by atoms with Crippen molar-refractivity contribution in [2.45, 2.75) is 96.6 Å². The van der Waals surface area contributed by atoms with Gasteiger partial charge in [0.25, 0.3) is 5.91 Å². The van der Waals surface area contributed by atoms with E-state index >= 15 is 0 Å². The summed E-state index contributed by atoms with van der Waals surface area (Å²) in [5.74, 6) is 1.73. The molecule has 0 N–H and O–H groups in total. The predicted molar refractivity (Wildman–Crippen MR) is 149 cm³/mol. The fraction of sp³-hybridized carbons (Fsp3) is 0.677. The largest absolute Gasteiger partial charge is 0.487 e. The molecule has 2 atom stereocenters. The first-order valence-corrected chi connectivity index (χ1v) is 14.7. The lowest BCUT2D eigenvalue weighted by Crippen LogP contribution is -2.51. The van der Waals surface area contributed by atoms with Crippen molar-refractivity contribution < 1.29 is 18.7 Å². The molecular formula is C31H44N2O5. The van der Waals surface area contributed by atoms with Crippen LogP contribution in [0.1, 0.15) is 83.3 Å². The molecule has 38 heavy (non-hydrogen) atoms. The maximum Gasteiger partial charge on any atom is 0.336 e. The average molecular weight is 525 g/mol. The number of hydrogen-bond donors (Lipinski definition) is 0. The molecule has 7 nitrogen and oxygen atoms in total. The van der Waals surface area contributed by atoms with Gasteiger partial charge in [0.1, 0.15) is 22.7 Å². The first-order chi connectivity index (χ1) is 18.3. The molecule has 208 valence electrons. The van der Waals surface area contributed by atoms with E-state index in [-0.39, 0.29) is 23.7 Å². The van der Waals surface area contributed by atoms with E-state index in [4.69, 9.17) is 13.9 Å². The third-order valence-corrected chi connectivity index (χ3v) is 8.80. The molecule has 0 spiro atoms. The topological polar surface area (TPSA) is 72.2 Å². The molecule has 2 aromatic rings. The Morgan fingerprint density at radius 2 is 2.00 bits per heavy atom. The van der Waals surface area contributed by atoms with Gasteiger partial charge in [0.05, 0.1) is 5.39 Å². The number of fused-ring (bicyclic) bond motifs is 4. The van der Waals surface area contributed by atoms with Gasteiger partial charge in [-0.2, -0.15) is 0 Å². The Bertz CT molecular complexity index is 1220. The van der Waals surface area contributed by atoms with Crippen LogP contribution in [0.15, 0.2) is 21.3 Å². The van der Waals surface area contributed by atoms with Gasteiger partial charge < -0.3 is 23.7 Å². The Balaban J connectivity index is 1.38. The number of piperidine rings is 2. The molecule has 3 aliphatic rings. The highest BCUT2D eigenvalue weighted by atomic mass is 16.5. The van der Waals surface area contributed by atoms with Crippen molar-refractivity contribution in [1.82, 2.24) is 9.80 Å². The van der Waals surface area contributed by atoms with Gasteiger partial charge in [-0.3, -0.25) is 4.79 Å². The van der Waals surface area contributed by atoms with E-state index in [0.29, 0.717) is 29.0 Å². The molecule has 2 saturated heterocycles. The number of benzene rings is 1. The molecular weight excluding hydrogens is 480 g/mol. The molecule has 0 radical (unpaired) electrons. The van der Waals surface area contributed by atoms with Crippen LogP contribution >= 0.6 is 0 Å². The number of carbonyl (C=O) groups excluding carboxylic acids is 1. The number of nitrogens with zero attached hydrogens (tertiary/aromatic N) is 2. The second kappa shape index (κ2) is 11.3. The van der Waals surface area contributed by atoms with Gasteiger partial charge in [-0.05, 0) is 89.8 Å². The van der Waals surface area contributed by atoms with Gasteiger partial charge >= 0.3 is 5.63 Å². The van der Waals surface area contributed by atoms with Crippen LogP contribution in [-0.2, 0) is 17.6 Å². The van der Waals surface area contributed by atoms with Crippen molar-refractivity contribution in [3.8, 4) is 11.5 Å². The Morgan fingerprint density at radius 3 is 2.82 bits per heavy atom. The third-order valence-electron chi connectivity index (χ3n) is 8.80. The summed E-state index contributed by atoms with van der Waals surface area (Å²) in [5.41, 5.74) is 1.71. The summed E-state index contributed by atoms with van der Waals surface area (Å²) in [6.45, 7) is 9.36. The minimum Gasteiger partial charge on any atom is -0.487 e. The van der Waals surface area contributed by atoms with Gasteiger partial charge in [0.2, 0.25) is 0 Å². The van der Waals surface area contributed by atoms with E-state index in [1.165, 1.54) is 45.2 Å². The summed E-state index contributed by atoms with van der Waals surface area (Å²) < 4.78 is 18.3. The molecule has 1 aromatic carbocycles. The molecule has 2 fully saturated rings. The molecule has 0 saturated carbocycles. The molecule has 3 aliphatic heterocycles. The zero-order valence-electron chi connectivity index (χ0n) is 23.6. The summed E-state index contributed by atoms with van der Waals surface area (Å²) in [7, 11) is 1.90. The van der Waals surface area contributed by atoms with E-state index in [1.54, 1.807) is 6.07 Å². The van der Waals surface area contributed by atoms with Crippen LogP contribution in [-0.4, -0.2) is 60.6 Å². The van der Waals surface area contributed by atoms with Gasteiger partial charge in [0, 0.05) is 37.3 Å². The summed E-state index contributed by atoms with van der Waals surface area (Å²) in [4.78, 5) is 30.3. The molecule has 5 rings (SSSR count). The molecule has 0 aliphatic carbocycles. The third kappa shape index (κ3) is 5.73. The minimum absolute atomic E-state index is 0.0301. The molecule has 7 heteroatoms. The maximum atomic E-state index is 13.3. The maximum absolute atomic E-state index is 13.3. The Kier molecular flexibility index (Phi) is 8.03. The summed E-state index contributed by atoms with van der Waals surface area (Å²) >= 11 is 0. The van der Waals surface area contributed by atoms with Crippen molar-refractivity contribution in [2.24, 2.45) is 5.92 Å². The lowest BCUT2D eigenvalue weighted by Gasteiger charge is -2.45. The smallest absolute Gasteiger partial charge is 0.336 e. The van der Waals surface area contributed by atoms with Crippen LogP contribution in [0.25, 0.3) is 11.0 Å². The van der Waals surface area contributed by atoms with Gasteiger partial charge in [-0.25, -0.2) is 4.79 Å². The summed E-state index contributed by atoms with van der Waals surface area (Å²) in [6.07, 6.45) is 10.6. The fourth-order valence-electron chi connectivity index (χ4n) is 6.69. The Morgan fingerprint density at radius 1 is 1.18 bits per heavy atom. The normalized spacial score (nSPS) is 22.8. The quantitative estimate of drug-likeness (QED) is 0.434. The number of rotatable bonds is 8. The van der Waals surface area contributed by atoms with E-state index in [2.05, 4.69) is 25.7 Å². The fourth-order valence-corrected chi connectivity index (χ4v) is 6.69. The van der Waals surface area contributed by atoms with Crippen LogP contribution < -0.4 is 15.1 Å². The zero-order valence-corrected chi connectivity index (χ0v) is 23.6. The van der Waals surface area contributed by atoms with E-state index in [9.17, 15) is 9.59 Å². The van der Waals surface area contributed by atoms with Crippen LogP contribution in [0.3, 0.4) is 0 Å². The molecule has 2 unspecified atom stereocenters. The molecule has 1 amide bonds. The lowest BCUT2D eigenvalue weighted by molar-refractivity contribution is -0.133. The van der Waals surface area contributed by atoms with E-state index in [1.807, 2.05) is 18.0 Å². The summed E-state index contributed by atoms with van der Waals surface area (Å²) in [5, 5.41) is 0.806. The first kappa shape index (κ1) is 27.0. The van der Waals surface area contributed by atoms with Crippen LogP contribution in [0.2, 0.25) is 0 Å². The van der Waals surface area contributed by atoms with Gasteiger partial charge in [-0.15, -0.1) is 0 Å². The lowest BCUT2D eigenvalue weighted by atomic mass is 9.83. The van der Waals surface area contributed by atoms with Crippen LogP contribution in [0, 0.1) is 5.92 Å². The number of amides is 1. The second-order valence-corrected chi connectivity index (χ2v) is 12.2. The van der Waals surface area contributed by atoms with Crippen LogP contribution in [0.4, 0.5) is 0 Å². The molecule has 0 bridgehead atoms. The Hall–Kier alpha value is -2.54. The number of likely N-dealkylation sites (N-methyl/N-ethyl adjacent to an activating group) is 1. The van der Waals surface area contributed by atoms with Gasteiger partial charge in [-0.1, -0.05) is 19.8 Å². The number of hydrogen-bond acceptors (Lipinski definition) is 6. The van der Waals surface area contributed by atoms with Crippen molar-refractivity contribution in [3.05, 3.63) is 33.7 Å². The second-order valence-electron chi connectivity index (χ2n) is 12.2. The highest BCUT2D eigenvalue weighted by Crippen LogP contribution is 2.43. The average Bonchev–Trinajstić information content (AvgIpc) is 2.89. The highest BCUT2D eigenvalue weighted by molar-refractivity contribution is 5.92. The number of ether oxygens (including phenoxy) is 2. The van der Waals surface area contributed by atoms with Crippen molar-refractivity contribution in [3.63, 3.8) is 0 Å². The number of carbonyl (C=O) groups is 1. The molecule has 4 heterocycles. The Labute approximate surface area is 226 Å². The predicted octanol–water partition coefficient (Wildman–Crippen LogP) is 5.34. The number of aryl methyl sites for hydroxylation is 2. The monoisotopic (exact) mass is 524 g/mol. The zero-order chi connectivity index (χ0) is 26.9. The first-order valence-electron chi connectivity index (χ1n) is 14.7. The standard InChI is InChI=1S/C31H44N2O5/c1-5-6-10-21-17-28(35)37-30-23-13-14-31(2,3)38-25(23)18-26(29(21)30)36-20-27(34)32(4)19-22-11-9-16-33-15-8-7-12-24(22)33/h17-18,22,24H,5-16,19-20H2,1-4H3. The van der Waals surface area contributed by atoms with Crippen molar-refractivity contribution >= 4 is 16.9 Å². The number of unbranched alkanes of at least 4 members (excludes halogenated alkanes) is 1. The van der Waals surface area contributed by atoms with Crippen molar-refractivity contribution in [2.75, 3.05) is 33.3 Å². The summed E-state index contributed by atoms with van der Waals surface area (Å²) in [6, 6.07) is 4.09. The molecule has 1 aromatic heterocycles. The van der Waals surface area contributed by atoms with Crippen molar-refractivity contribution in [1.29, 1.82) is 0 Å². The highest BCUT2D eigenvalue weighted by Gasteiger charge is 2.34. The van der Waals surface area contributed by atoms with E-state index < -0.39 is 0 Å². The minimum atomic E-state index is -0.354.